The second-order valence-corrected chi connectivity index (χ2v) is 9.03. The first-order valence-corrected chi connectivity index (χ1v) is 11.1. The summed E-state index contributed by atoms with van der Waals surface area (Å²) in [6.07, 6.45) is 1.68. The molecule has 0 aliphatic rings. The number of hydrogen-bond acceptors (Lipinski definition) is 5. The predicted octanol–water partition coefficient (Wildman–Crippen LogP) is 1.81. The highest BCUT2D eigenvalue weighted by Gasteiger charge is 2.33. The molecule has 0 fully saturated rings. The number of pyridine rings is 1. The number of quaternary nitrogens is 1. The van der Waals surface area contributed by atoms with Gasteiger partial charge >= 0.3 is 0 Å². The van der Waals surface area contributed by atoms with E-state index in [0.29, 0.717) is 18.7 Å². The number of rotatable bonds is 9. The van der Waals surface area contributed by atoms with Crippen LogP contribution in [-0.4, -0.2) is 43.4 Å². The number of aliphatic hydroxyl groups excluding tert-OH is 1. The number of benzene rings is 1. The Bertz CT molecular complexity index is 1100. The summed E-state index contributed by atoms with van der Waals surface area (Å²) in [6, 6.07) is 6.06. The van der Waals surface area contributed by atoms with Crippen LogP contribution in [0.4, 0.5) is 0 Å². The average Bonchev–Trinajstić information content (AvgIpc) is 3.21. The van der Waals surface area contributed by atoms with Gasteiger partial charge in [0.15, 0.2) is 0 Å². The molecule has 1 aromatic carbocycles. The van der Waals surface area contributed by atoms with E-state index < -0.39 is 0 Å². The average molecular weight is 428 g/mol. The molecule has 3 aromatic rings. The SMILES string of the molecule is CC[C@H](c1nnnn1C(C)(C)CC)[NH+](CCO)Cc1cc2cc(C)c(C)cc2[nH]c1=O. The normalized spacial score (nSPS) is 14.2. The van der Waals surface area contributed by atoms with Crippen molar-refractivity contribution < 1.29 is 10.0 Å². The zero-order chi connectivity index (χ0) is 22.8. The lowest BCUT2D eigenvalue weighted by atomic mass is 10.0. The van der Waals surface area contributed by atoms with Gasteiger partial charge in [-0.25, -0.2) is 4.68 Å². The summed E-state index contributed by atoms with van der Waals surface area (Å²) in [6.45, 7) is 13.6. The molecule has 0 aliphatic heterocycles. The number of hydrogen-bond donors (Lipinski definition) is 3. The van der Waals surface area contributed by atoms with E-state index in [1.807, 2.05) is 23.7 Å². The lowest BCUT2D eigenvalue weighted by Crippen LogP contribution is -3.11. The highest BCUT2D eigenvalue weighted by atomic mass is 16.3. The van der Waals surface area contributed by atoms with Crippen molar-refractivity contribution in [3.05, 3.63) is 51.1 Å². The van der Waals surface area contributed by atoms with Gasteiger partial charge in [-0.2, -0.15) is 0 Å². The fourth-order valence-electron chi connectivity index (χ4n) is 4.07. The van der Waals surface area contributed by atoms with Crippen molar-refractivity contribution in [3.8, 4) is 0 Å². The Kier molecular flexibility index (Phi) is 6.91. The molecule has 2 aromatic heterocycles. The molecule has 0 radical (unpaired) electrons. The molecule has 1 unspecified atom stereocenters. The Balaban J connectivity index is 2.01. The van der Waals surface area contributed by atoms with Crippen molar-refractivity contribution in [1.82, 2.24) is 25.2 Å². The summed E-state index contributed by atoms with van der Waals surface area (Å²) in [5.41, 5.74) is 3.59. The number of aryl methyl sites for hydroxylation is 2. The van der Waals surface area contributed by atoms with Crippen molar-refractivity contribution in [2.24, 2.45) is 0 Å². The van der Waals surface area contributed by atoms with E-state index in [1.54, 1.807) is 0 Å². The molecule has 8 heteroatoms. The third-order valence-electron chi connectivity index (χ3n) is 6.53. The fourth-order valence-corrected chi connectivity index (χ4v) is 4.07. The van der Waals surface area contributed by atoms with Crippen LogP contribution in [0.3, 0.4) is 0 Å². The van der Waals surface area contributed by atoms with Gasteiger partial charge in [0.25, 0.3) is 5.56 Å². The summed E-state index contributed by atoms with van der Waals surface area (Å²) in [5.74, 6) is 0.793. The third kappa shape index (κ3) is 4.70. The Labute approximate surface area is 183 Å². The minimum absolute atomic E-state index is 0.0222. The summed E-state index contributed by atoms with van der Waals surface area (Å²) < 4.78 is 1.90. The molecule has 0 amide bonds. The Morgan fingerprint density at radius 3 is 2.55 bits per heavy atom. The van der Waals surface area contributed by atoms with Gasteiger partial charge in [0.2, 0.25) is 5.82 Å². The van der Waals surface area contributed by atoms with Crippen molar-refractivity contribution in [1.29, 1.82) is 0 Å². The first-order chi connectivity index (χ1) is 14.7. The first kappa shape index (κ1) is 23.1. The maximum Gasteiger partial charge on any atom is 0.257 e. The lowest BCUT2D eigenvalue weighted by Gasteiger charge is -2.30. The maximum absolute atomic E-state index is 12.9. The molecule has 0 saturated heterocycles. The van der Waals surface area contributed by atoms with E-state index in [1.165, 1.54) is 5.56 Å². The van der Waals surface area contributed by atoms with Gasteiger partial charge in [0.1, 0.15) is 19.1 Å². The monoisotopic (exact) mass is 427 g/mol. The molecule has 3 N–H and O–H groups in total. The standard InChI is InChI=1S/C23H34N6O2/c1-7-20(21-25-26-27-29(21)23(5,6)8-2)28(9-10-30)14-18-13-17-11-15(3)16(4)12-19(17)24-22(18)31/h11-13,20,30H,7-10,14H2,1-6H3,(H,24,31)/p+1/t20-/m1/s1. The molecule has 0 spiro atoms. The van der Waals surface area contributed by atoms with Crippen LogP contribution < -0.4 is 10.5 Å². The highest BCUT2D eigenvalue weighted by Crippen LogP contribution is 2.22. The molecule has 168 valence electrons. The first-order valence-electron chi connectivity index (χ1n) is 11.1. The number of tetrazole rings is 1. The molecule has 2 atom stereocenters. The summed E-state index contributed by atoms with van der Waals surface area (Å²) in [4.78, 5) is 17.0. The molecule has 0 bridgehead atoms. The van der Waals surface area contributed by atoms with Gasteiger partial charge in [0.05, 0.1) is 17.7 Å². The molecule has 2 heterocycles. The van der Waals surface area contributed by atoms with Crippen LogP contribution in [0.15, 0.2) is 23.0 Å². The van der Waals surface area contributed by atoms with Crippen LogP contribution in [0.1, 0.15) is 69.1 Å². The van der Waals surface area contributed by atoms with Crippen LogP contribution in [0.5, 0.6) is 0 Å². The van der Waals surface area contributed by atoms with Crippen molar-refractivity contribution >= 4 is 10.9 Å². The van der Waals surface area contributed by atoms with Gasteiger partial charge in [-0.3, -0.25) is 4.79 Å². The van der Waals surface area contributed by atoms with Gasteiger partial charge in [0, 0.05) is 11.9 Å². The van der Waals surface area contributed by atoms with Crippen LogP contribution in [0.25, 0.3) is 10.9 Å². The summed E-state index contributed by atoms with van der Waals surface area (Å²) in [7, 11) is 0. The molecular weight excluding hydrogens is 392 g/mol. The zero-order valence-corrected chi connectivity index (χ0v) is 19.5. The Morgan fingerprint density at radius 2 is 1.90 bits per heavy atom. The van der Waals surface area contributed by atoms with E-state index in [-0.39, 0.29) is 23.7 Å². The number of H-pyrrole nitrogens is 1. The van der Waals surface area contributed by atoms with E-state index >= 15 is 0 Å². The van der Waals surface area contributed by atoms with Crippen LogP contribution in [0, 0.1) is 13.8 Å². The number of fused-ring (bicyclic) bond motifs is 1. The van der Waals surface area contributed by atoms with Crippen molar-refractivity contribution in [2.45, 2.75) is 72.5 Å². The second kappa shape index (κ2) is 9.28. The Morgan fingerprint density at radius 1 is 1.19 bits per heavy atom. The van der Waals surface area contributed by atoms with Crippen LogP contribution in [-0.2, 0) is 12.1 Å². The largest absolute Gasteiger partial charge is 0.391 e. The van der Waals surface area contributed by atoms with Crippen molar-refractivity contribution in [3.63, 3.8) is 0 Å². The minimum atomic E-state index is -0.216. The third-order valence-corrected chi connectivity index (χ3v) is 6.53. The highest BCUT2D eigenvalue weighted by molar-refractivity contribution is 5.80. The molecule has 0 aliphatic carbocycles. The number of aromatic amines is 1. The Hall–Kier alpha value is -2.58. The second-order valence-electron chi connectivity index (χ2n) is 9.03. The molecule has 0 saturated carbocycles. The van der Waals surface area contributed by atoms with E-state index in [2.05, 4.69) is 61.2 Å². The number of aliphatic hydroxyl groups is 1. The van der Waals surface area contributed by atoms with E-state index in [0.717, 1.165) is 40.0 Å². The zero-order valence-electron chi connectivity index (χ0n) is 19.5. The predicted molar refractivity (Wildman–Crippen MR) is 121 cm³/mol. The lowest BCUT2D eigenvalue weighted by molar-refractivity contribution is -0.946. The number of aromatic nitrogens is 5. The van der Waals surface area contributed by atoms with Gasteiger partial charge in [-0.05, 0) is 79.3 Å². The van der Waals surface area contributed by atoms with Gasteiger partial charge in [-0.15, -0.1) is 5.10 Å². The molecular formula is C23H35N6O2+. The van der Waals surface area contributed by atoms with E-state index in [9.17, 15) is 9.90 Å². The summed E-state index contributed by atoms with van der Waals surface area (Å²) in [5, 5.41) is 23.4. The molecule has 31 heavy (non-hydrogen) atoms. The smallest absolute Gasteiger partial charge is 0.257 e. The summed E-state index contributed by atoms with van der Waals surface area (Å²) >= 11 is 0. The number of nitrogens with zero attached hydrogens (tertiary/aromatic N) is 4. The van der Waals surface area contributed by atoms with E-state index in [4.69, 9.17) is 0 Å². The molecule has 8 nitrogen and oxygen atoms in total. The van der Waals surface area contributed by atoms with Crippen molar-refractivity contribution in [2.75, 3.05) is 13.2 Å². The van der Waals surface area contributed by atoms with Gasteiger partial charge < -0.3 is 15.0 Å². The minimum Gasteiger partial charge on any atom is -0.391 e. The fraction of sp³-hybridized carbons (Fsp3) is 0.565. The number of nitrogens with one attached hydrogen (secondary N) is 2. The van der Waals surface area contributed by atoms with Crippen LogP contribution in [0.2, 0.25) is 0 Å². The topological polar surface area (TPSA) is 101 Å². The van der Waals surface area contributed by atoms with Gasteiger partial charge in [-0.1, -0.05) is 13.8 Å². The quantitative estimate of drug-likeness (QED) is 0.483. The van der Waals surface area contributed by atoms with Crippen LogP contribution >= 0.6 is 0 Å². The maximum atomic E-state index is 12.9. The molecule has 3 rings (SSSR count).